The molecular weight excluding hydrogens is 793 g/mol. The Bertz CT molecular complexity index is 3250. The van der Waals surface area contributed by atoms with Gasteiger partial charge in [0.15, 0.2) is 5.58 Å². The molecule has 5 nitrogen and oxygen atoms in total. The van der Waals surface area contributed by atoms with Gasteiger partial charge in [0, 0.05) is 62.6 Å². The summed E-state index contributed by atoms with van der Waals surface area (Å²) in [4.78, 5) is 7.39. The van der Waals surface area contributed by atoms with E-state index >= 15 is 0 Å². The maximum atomic E-state index is 7.26. The third-order valence-electron chi connectivity index (χ3n) is 14.2. The lowest BCUT2D eigenvalue weighted by Crippen LogP contribution is -2.61. The van der Waals surface area contributed by atoms with Crippen LogP contribution in [0.1, 0.15) is 82.4 Å². The van der Waals surface area contributed by atoms with E-state index in [-0.39, 0.29) is 17.5 Å². The van der Waals surface area contributed by atoms with Crippen LogP contribution in [0, 0.1) is 6.92 Å². The topological polar surface area (TPSA) is 36.0 Å². The van der Waals surface area contributed by atoms with Crippen molar-refractivity contribution < 1.29 is 8.83 Å². The van der Waals surface area contributed by atoms with Crippen LogP contribution in [0.2, 0.25) is 0 Å². The molecule has 9 aromatic rings. The smallest absolute Gasteiger partial charge is 0.297 e. The molecule has 320 valence electrons. The number of aryl methyl sites for hydroxylation is 2. The fourth-order valence-electron chi connectivity index (χ4n) is 10.9. The van der Waals surface area contributed by atoms with Gasteiger partial charge in [-0.15, -0.1) is 0 Å². The number of rotatable bonds is 5. The predicted octanol–water partition coefficient (Wildman–Crippen LogP) is 14.5. The summed E-state index contributed by atoms with van der Waals surface area (Å²) in [6, 6.07) is 56.3. The Morgan fingerprint density at radius 3 is 1.78 bits per heavy atom. The molecule has 2 aromatic heterocycles. The van der Waals surface area contributed by atoms with Gasteiger partial charge in [-0.05, 0) is 131 Å². The summed E-state index contributed by atoms with van der Waals surface area (Å²) >= 11 is 0. The molecule has 0 bridgehead atoms. The third kappa shape index (κ3) is 6.20. The first-order valence-corrected chi connectivity index (χ1v) is 23.4. The van der Waals surface area contributed by atoms with Crippen molar-refractivity contribution in [3.63, 3.8) is 0 Å². The maximum Gasteiger partial charge on any atom is 0.297 e. The van der Waals surface area contributed by atoms with E-state index in [0.29, 0.717) is 0 Å². The van der Waals surface area contributed by atoms with Gasteiger partial charge in [0.05, 0.1) is 17.0 Å². The maximum absolute atomic E-state index is 7.26. The first-order valence-electron chi connectivity index (χ1n) is 23.4. The van der Waals surface area contributed by atoms with Crippen molar-refractivity contribution in [2.45, 2.75) is 85.0 Å². The van der Waals surface area contributed by atoms with Crippen molar-refractivity contribution >= 4 is 96.4 Å². The van der Waals surface area contributed by atoms with Crippen LogP contribution in [0.15, 0.2) is 160 Å². The van der Waals surface area contributed by atoms with Gasteiger partial charge in [0.25, 0.3) is 6.71 Å². The Labute approximate surface area is 383 Å². The zero-order valence-corrected chi connectivity index (χ0v) is 38.5. The van der Waals surface area contributed by atoms with E-state index in [2.05, 4.69) is 215 Å². The highest BCUT2D eigenvalue weighted by atomic mass is 16.3. The number of fused-ring (bicyclic) bond motifs is 9. The minimum atomic E-state index is -0.121. The average molecular weight is 848 g/mol. The highest BCUT2D eigenvalue weighted by Gasteiger charge is 2.48. The second-order valence-electron chi connectivity index (χ2n) is 20.5. The number of para-hydroxylation sites is 3. The van der Waals surface area contributed by atoms with Crippen LogP contribution in [0.3, 0.4) is 0 Å². The molecular formula is C59H54BN3O2. The molecule has 1 aliphatic carbocycles. The lowest BCUT2D eigenvalue weighted by Gasteiger charge is -2.43. The Morgan fingerprint density at radius 2 is 1.11 bits per heavy atom. The molecule has 0 atom stereocenters. The Morgan fingerprint density at radius 1 is 0.523 bits per heavy atom. The number of anilines is 9. The number of hydrogen-bond donors (Lipinski definition) is 0. The predicted molar refractivity (Wildman–Crippen MR) is 273 cm³/mol. The molecule has 0 radical (unpaired) electrons. The van der Waals surface area contributed by atoms with Crippen molar-refractivity contribution in [1.29, 1.82) is 0 Å². The summed E-state index contributed by atoms with van der Waals surface area (Å²) in [6.45, 7) is 15.7. The fraction of sp³-hybridized carbons (Fsp3) is 0.220. The molecule has 0 saturated carbocycles. The Kier molecular flexibility index (Phi) is 8.88. The zero-order chi connectivity index (χ0) is 44.4. The summed E-state index contributed by atoms with van der Waals surface area (Å²) in [5.74, 6) is 1.14. The lowest BCUT2D eigenvalue weighted by molar-refractivity contribution is 0.497. The largest absolute Gasteiger partial charge is 0.473 e. The van der Waals surface area contributed by atoms with Crippen molar-refractivity contribution in [3.05, 3.63) is 180 Å². The zero-order valence-electron chi connectivity index (χ0n) is 38.5. The minimum absolute atomic E-state index is 0.0342. The van der Waals surface area contributed by atoms with Crippen molar-refractivity contribution in [1.82, 2.24) is 0 Å². The highest BCUT2D eigenvalue weighted by molar-refractivity contribution is 6.99. The normalized spacial score (nSPS) is 14.4. The Hall–Kier alpha value is -6.92. The van der Waals surface area contributed by atoms with Gasteiger partial charge in [0.2, 0.25) is 0 Å². The molecule has 12 rings (SSSR count). The van der Waals surface area contributed by atoms with Gasteiger partial charge in [-0.3, -0.25) is 0 Å². The van der Waals surface area contributed by atoms with Gasteiger partial charge in [-0.1, -0.05) is 126 Å². The summed E-state index contributed by atoms with van der Waals surface area (Å²) in [7, 11) is 0. The van der Waals surface area contributed by atoms with Crippen LogP contribution in [-0.2, 0) is 23.7 Å². The second-order valence-corrected chi connectivity index (χ2v) is 20.5. The monoisotopic (exact) mass is 847 g/mol. The molecule has 3 aliphatic rings. The van der Waals surface area contributed by atoms with E-state index in [9.17, 15) is 0 Å². The quantitative estimate of drug-likeness (QED) is 0.161. The number of hydrogen-bond acceptors (Lipinski definition) is 5. The van der Waals surface area contributed by atoms with Gasteiger partial charge < -0.3 is 23.5 Å². The van der Waals surface area contributed by atoms with Crippen molar-refractivity contribution in [2.75, 3.05) is 14.7 Å². The summed E-state index contributed by atoms with van der Waals surface area (Å²) in [6.07, 6.45) is 4.29. The van der Waals surface area contributed by atoms with Gasteiger partial charge in [-0.25, -0.2) is 0 Å². The molecule has 0 unspecified atom stereocenters. The lowest BCUT2D eigenvalue weighted by atomic mass is 9.35. The molecule has 0 fully saturated rings. The van der Waals surface area contributed by atoms with Crippen LogP contribution >= 0.6 is 0 Å². The Balaban J connectivity index is 1.14. The molecule has 65 heavy (non-hydrogen) atoms. The van der Waals surface area contributed by atoms with E-state index in [1.807, 2.05) is 0 Å². The van der Waals surface area contributed by atoms with Crippen molar-refractivity contribution in [2.24, 2.45) is 0 Å². The number of nitrogens with zero attached hydrogens (tertiary/aromatic N) is 3. The SMILES string of the molecule is Cc1cccc2c1oc1c(N3c4cc(N(c5ccc(C(C)(C)C)cc5)c5ccc(C(C)(C)C)cc5)ccc4B4c5oc6c(c5N(c5ccccc5)c5cccc3c54)CCCC6)cccc12. The standard InChI is InChI=1S/C59H54BN3O2/c1-37-16-13-20-44-45-21-14-24-50(56(45)65-55(37)44)63-49-23-15-22-48-53(49)60(57-54(46-19-11-12-25-52(46)64-57)62(48)40-17-9-8-10-18-40)47-35-34-43(36-51(47)63)61(41-30-26-38(27-31-41)58(2,3)4)42-32-28-39(29-33-42)59(5,6)7/h8-10,13-18,20-24,26-36H,11-12,19,25H2,1-7H3. The van der Waals surface area contributed by atoms with E-state index in [1.165, 1.54) is 39.0 Å². The first kappa shape index (κ1) is 39.7. The number of furan rings is 2. The number of benzene rings is 7. The summed E-state index contributed by atoms with van der Waals surface area (Å²) < 4.78 is 14.3. The minimum Gasteiger partial charge on any atom is -0.473 e. The summed E-state index contributed by atoms with van der Waals surface area (Å²) in [5.41, 5.74) is 20.6. The molecule has 0 amide bonds. The van der Waals surface area contributed by atoms with E-state index in [1.54, 1.807) is 0 Å². The van der Waals surface area contributed by atoms with Crippen LogP contribution < -0.4 is 31.3 Å². The third-order valence-corrected chi connectivity index (χ3v) is 14.2. The molecule has 0 spiro atoms. The van der Waals surface area contributed by atoms with E-state index < -0.39 is 0 Å². The molecule has 2 aliphatic heterocycles. The van der Waals surface area contributed by atoms with E-state index in [0.717, 1.165) is 104 Å². The van der Waals surface area contributed by atoms with Crippen molar-refractivity contribution in [3.8, 4) is 0 Å². The van der Waals surface area contributed by atoms with Crippen LogP contribution in [0.5, 0.6) is 0 Å². The van der Waals surface area contributed by atoms with Gasteiger partial charge in [0.1, 0.15) is 11.3 Å². The second kappa shape index (κ2) is 14.6. The van der Waals surface area contributed by atoms with Crippen LogP contribution in [-0.4, -0.2) is 6.71 Å². The van der Waals surface area contributed by atoms with Gasteiger partial charge in [-0.2, -0.15) is 0 Å². The average Bonchev–Trinajstić information content (AvgIpc) is 3.89. The highest BCUT2D eigenvalue weighted by Crippen LogP contribution is 2.50. The molecule has 4 heterocycles. The fourth-order valence-corrected chi connectivity index (χ4v) is 10.9. The first-order chi connectivity index (χ1) is 31.4. The molecule has 0 saturated heterocycles. The molecule has 6 heteroatoms. The van der Waals surface area contributed by atoms with Crippen LogP contribution in [0.4, 0.5) is 51.2 Å². The molecule has 7 aromatic carbocycles. The van der Waals surface area contributed by atoms with Gasteiger partial charge >= 0.3 is 0 Å². The summed E-state index contributed by atoms with van der Waals surface area (Å²) in [5, 5.41) is 2.24. The van der Waals surface area contributed by atoms with Crippen LogP contribution in [0.25, 0.3) is 21.9 Å². The van der Waals surface area contributed by atoms with E-state index in [4.69, 9.17) is 8.83 Å². The molecule has 0 N–H and O–H groups in total.